The Labute approximate surface area is 157 Å². The summed E-state index contributed by atoms with van der Waals surface area (Å²) >= 11 is 0. The van der Waals surface area contributed by atoms with Gasteiger partial charge in [0.25, 0.3) is 0 Å². The third-order valence-corrected chi connectivity index (χ3v) is 8.53. The topological polar surface area (TPSA) is 9.23 Å². The Hall–Kier alpha value is -1.68. The smallest absolute Gasteiger partial charge is 0.201 e. The maximum absolute atomic E-state index is 14.4. The molecule has 0 atom stereocenters. The fraction of sp³-hybridized carbons (Fsp3) is 0.455. The third-order valence-electron chi connectivity index (χ3n) is 5.34. The molecule has 1 heterocycles. The van der Waals surface area contributed by atoms with E-state index in [1.54, 1.807) is 13.0 Å². The van der Waals surface area contributed by atoms with Gasteiger partial charge in [-0.05, 0) is 48.9 Å². The molecule has 1 nitrogen and oxygen atoms in total. The molecule has 3 rings (SSSR count). The Morgan fingerprint density at radius 3 is 2.27 bits per heavy atom. The van der Waals surface area contributed by atoms with E-state index in [1.165, 1.54) is 49.0 Å². The molecule has 0 amide bonds. The fourth-order valence-electron chi connectivity index (χ4n) is 3.92. The molecule has 2 aromatic carbocycles. The van der Waals surface area contributed by atoms with Crippen LogP contribution in [-0.4, -0.2) is 15.4 Å². The molecule has 0 saturated carbocycles. The van der Waals surface area contributed by atoms with Crippen molar-refractivity contribution in [3.8, 4) is 16.9 Å². The first-order valence-corrected chi connectivity index (χ1v) is 11.8. The molecule has 1 saturated heterocycles. The lowest BCUT2D eigenvalue weighted by atomic mass is 9.92. The van der Waals surface area contributed by atoms with Crippen LogP contribution in [0.3, 0.4) is 0 Å². The van der Waals surface area contributed by atoms with Gasteiger partial charge in [0.1, 0.15) is 0 Å². The minimum atomic E-state index is -0.911. The molecule has 139 valence electrons. The number of benzene rings is 2. The van der Waals surface area contributed by atoms with Crippen molar-refractivity contribution in [2.45, 2.75) is 57.2 Å². The van der Waals surface area contributed by atoms with Crippen LogP contribution in [0.4, 0.5) is 8.78 Å². The number of halogens is 2. The molecule has 1 aliphatic heterocycles. The van der Waals surface area contributed by atoms with E-state index < -0.39 is 11.6 Å². The lowest BCUT2D eigenvalue weighted by molar-refractivity contribution is 0.314. The largest absolute Gasteiger partial charge is 0.491 e. The molecule has 0 aromatic heterocycles. The molecule has 0 bridgehead atoms. The maximum Gasteiger partial charge on any atom is 0.201 e. The Bertz CT molecular complexity index is 722. The molecular weight excluding hydrogens is 346 g/mol. The zero-order valence-electron chi connectivity index (χ0n) is 15.7. The molecule has 0 spiro atoms. The summed E-state index contributed by atoms with van der Waals surface area (Å²) in [6.07, 6.45) is 3.87. The van der Waals surface area contributed by atoms with Gasteiger partial charge in [-0.2, -0.15) is 4.39 Å². The monoisotopic (exact) mass is 373 g/mol. The first-order valence-electron chi connectivity index (χ1n) is 9.68. The van der Waals surface area contributed by atoms with Crippen LogP contribution >= 0.6 is 0 Å². The standard InChI is InChI=1S/C22H27F2OSi/c1-3-13-26-14-11-17(12-15-26)16-5-7-18(8-6-16)19-9-10-20(25-4-2)22(24)21(19)23/h5-10,17H,3-4,11-15H2,1-2H3. The minimum Gasteiger partial charge on any atom is -0.491 e. The van der Waals surface area contributed by atoms with Crippen molar-refractivity contribution in [2.24, 2.45) is 0 Å². The quantitative estimate of drug-likeness (QED) is 0.505. The van der Waals surface area contributed by atoms with Crippen molar-refractivity contribution >= 4 is 8.80 Å². The maximum atomic E-state index is 14.4. The molecular formula is C22H27F2OSi. The molecule has 26 heavy (non-hydrogen) atoms. The molecule has 1 fully saturated rings. The first kappa shape index (κ1) is 19.1. The average molecular weight is 374 g/mol. The summed E-state index contributed by atoms with van der Waals surface area (Å²) in [5.41, 5.74) is 2.33. The van der Waals surface area contributed by atoms with Crippen molar-refractivity contribution in [2.75, 3.05) is 6.61 Å². The van der Waals surface area contributed by atoms with Crippen LogP contribution in [-0.2, 0) is 0 Å². The second kappa shape index (κ2) is 8.80. The molecule has 4 heteroatoms. The molecule has 2 aromatic rings. The van der Waals surface area contributed by atoms with Gasteiger partial charge in [0.2, 0.25) is 5.82 Å². The minimum absolute atomic E-state index is 0.0303. The van der Waals surface area contributed by atoms with Crippen LogP contribution in [0.2, 0.25) is 18.1 Å². The lowest BCUT2D eigenvalue weighted by Gasteiger charge is -2.27. The van der Waals surface area contributed by atoms with Gasteiger partial charge in [-0.3, -0.25) is 0 Å². The van der Waals surface area contributed by atoms with E-state index in [0.717, 1.165) is 0 Å². The van der Waals surface area contributed by atoms with Crippen molar-refractivity contribution in [1.29, 1.82) is 0 Å². The molecule has 1 radical (unpaired) electrons. The van der Waals surface area contributed by atoms with Gasteiger partial charge in [0, 0.05) is 14.4 Å². The van der Waals surface area contributed by atoms with E-state index in [2.05, 4.69) is 19.1 Å². The summed E-state index contributed by atoms with van der Waals surface area (Å²) in [7, 11) is -0.111. The zero-order valence-corrected chi connectivity index (χ0v) is 16.7. The summed E-state index contributed by atoms with van der Waals surface area (Å²) in [5.74, 6) is -1.16. The highest BCUT2D eigenvalue weighted by molar-refractivity contribution is 6.59. The fourth-order valence-corrected chi connectivity index (χ4v) is 6.89. The normalized spacial score (nSPS) is 16.0. The number of rotatable bonds is 6. The van der Waals surface area contributed by atoms with Crippen LogP contribution in [0.5, 0.6) is 5.75 Å². The number of ether oxygens (including phenoxy) is 1. The average Bonchev–Trinajstić information content (AvgIpc) is 2.67. The van der Waals surface area contributed by atoms with E-state index in [-0.39, 0.29) is 20.1 Å². The predicted octanol–water partition coefficient (Wildman–Crippen LogP) is 6.81. The SMILES string of the molecule is CCC[Si]1CCC(c2ccc(-c3ccc(OCC)c(F)c3F)cc2)CC1. The lowest BCUT2D eigenvalue weighted by Crippen LogP contribution is -2.19. The highest BCUT2D eigenvalue weighted by atomic mass is 28.3. The van der Waals surface area contributed by atoms with Crippen molar-refractivity contribution < 1.29 is 13.5 Å². The van der Waals surface area contributed by atoms with E-state index in [4.69, 9.17) is 4.74 Å². The second-order valence-corrected chi connectivity index (χ2v) is 10.1. The van der Waals surface area contributed by atoms with Crippen LogP contribution < -0.4 is 4.74 Å². The van der Waals surface area contributed by atoms with Gasteiger partial charge >= 0.3 is 0 Å². The Morgan fingerprint density at radius 1 is 0.962 bits per heavy atom. The van der Waals surface area contributed by atoms with E-state index >= 15 is 0 Å². The van der Waals surface area contributed by atoms with Gasteiger partial charge < -0.3 is 4.74 Å². The number of hydrogen-bond donors (Lipinski definition) is 0. The number of hydrogen-bond acceptors (Lipinski definition) is 1. The summed E-state index contributed by atoms with van der Waals surface area (Å²) < 4.78 is 33.6. The highest BCUT2D eigenvalue weighted by Gasteiger charge is 2.23. The van der Waals surface area contributed by atoms with E-state index in [9.17, 15) is 8.78 Å². The first-order chi connectivity index (χ1) is 12.6. The zero-order chi connectivity index (χ0) is 18.5. The van der Waals surface area contributed by atoms with Crippen LogP contribution in [0, 0.1) is 11.6 Å². The summed E-state index contributed by atoms with van der Waals surface area (Å²) in [4.78, 5) is 0. The van der Waals surface area contributed by atoms with Crippen LogP contribution in [0.1, 0.15) is 44.6 Å². The highest BCUT2D eigenvalue weighted by Crippen LogP contribution is 2.36. The van der Waals surface area contributed by atoms with E-state index in [0.29, 0.717) is 18.1 Å². The Kier molecular flexibility index (Phi) is 6.46. The van der Waals surface area contributed by atoms with Crippen LogP contribution in [0.25, 0.3) is 11.1 Å². The Balaban J connectivity index is 1.73. The van der Waals surface area contributed by atoms with Crippen molar-refractivity contribution in [3.05, 3.63) is 53.6 Å². The second-order valence-electron chi connectivity index (χ2n) is 7.07. The Morgan fingerprint density at radius 2 is 1.65 bits per heavy atom. The van der Waals surface area contributed by atoms with Crippen molar-refractivity contribution in [3.63, 3.8) is 0 Å². The third kappa shape index (κ3) is 4.17. The van der Waals surface area contributed by atoms with Gasteiger partial charge in [0.15, 0.2) is 11.6 Å². The van der Waals surface area contributed by atoms with Gasteiger partial charge in [-0.1, -0.05) is 55.7 Å². The van der Waals surface area contributed by atoms with Gasteiger partial charge in [-0.25, -0.2) is 4.39 Å². The molecule has 0 N–H and O–H groups in total. The molecule has 0 unspecified atom stereocenters. The van der Waals surface area contributed by atoms with Crippen molar-refractivity contribution in [1.82, 2.24) is 0 Å². The summed E-state index contributed by atoms with van der Waals surface area (Å²) in [6, 6.07) is 15.4. The summed E-state index contributed by atoms with van der Waals surface area (Å²) in [6.45, 7) is 4.35. The van der Waals surface area contributed by atoms with Gasteiger partial charge in [-0.15, -0.1) is 0 Å². The van der Waals surface area contributed by atoms with Crippen LogP contribution in [0.15, 0.2) is 36.4 Å². The van der Waals surface area contributed by atoms with E-state index in [1.807, 2.05) is 12.1 Å². The predicted molar refractivity (Wildman–Crippen MR) is 105 cm³/mol. The van der Waals surface area contributed by atoms with Gasteiger partial charge in [0.05, 0.1) is 6.61 Å². The molecule has 1 aliphatic rings. The molecule has 0 aliphatic carbocycles. The summed E-state index contributed by atoms with van der Waals surface area (Å²) in [5, 5.41) is 0.